The first-order valence-corrected chi connectivity index (χ1v) is 7.92. The first-order valence-electron chi connectivity index (χ1n) is 7.92. The average molecular weight is 318 g/mol. The molecule has 0 spiro atoms. The molecule has 1 N–H and O–H groups in total. The monoisotopic (exact) mass is 318 g/mol. The number of hydrogen-bond donors (Lipinski definition) is 1. The van der Waals surface area contributed by atoms with Crippen molar-refractivity contribution in [1.82, 2.24) is 10.2 Å². The van der Waals surface area contributed by atoms with Crippen LogP contribution in [0.2, 0.25) is 0 Å². The number of carbonyl (C=O) groups excluding carboxylic acids is 3. The van der Waals surface area contributed by atoms with E-state index in [-0.39, 0.29) is 18.4 Å². The minimum absolute atomic E-state index is 0.245. The van der Waals surface area contributed by atoms with Crippen LogP contribution >= 0.6 is 0 Å². The van der Waals surface area contributed by atoms with Gasteiger partial charge in [-0.1, -0.05) is 43.7 Å². The molecule has 1 aromatic carbocycles. The van der Waals surface area contributed by atoms with E-state index in [0.29, 0.717) is 13.0 Å². The lowest BCUT2D eigenvalue weighted by Crippen LogP contribution is -2.52. The number of amides is 3. The second-order valence-electron chi connectivity index (χ2n) is 5.41. The van der Waals surface area contributed by atoms with Crippen molar-refractivity contribution in [3.63, 3.8) is 0 Å². The van der Waals surface area contributed by atoms with Gasteiger partial charge in [-0.3, -0.25) is 19.8 Å². The number of cyclic esters (lactones) is 1. The summed E-state index contributed by atoms with van der Waals surface area (Å²) >= 11 is 0. The quantitative estimate of drug-likeness (QED) is 0.849. The Balaban J connectivity index is 0.000000924. The molecule has 2 atom stereocenters. The summed E-state index contributed by atoms with van der Waals surface area (Å²) in [6.45, 7) is 6.30. The van der Waals surface area contributed by atoms with Crippen molar-refractivity contribution in [2.45, 2.75) is 45.8 Å². The van der Waals surface area contributed by atoms with Crippen LogP contribution in [0, 0.1) is 6.92 Å². The molecular weight excluding hydrogens is 296 g/mol. The molecule has 0 aromatic heterocycles. The highest BCUT2D eigenvalue weighted by Crippen LogP contribution is 2.29. The molecule has 2 aliphatic heterocycles. The van der Waals surface area contributed by atoms with Crippen LogP contribution in [0.15, 0.2) is 24.3 Å². The van der Waals surface area contributed by atoms with Gasteiger partial charge in [0, 0.05) is 6.42 Å². The topological polar surface area (TPSA) is 75.7 Å². The third-order valence-electron chi connectivity index (χ3n) is 3.84. The van der Waals surface area contributed by atoms with Crippen molar-refractivity contribution >= 4 is 17.9 Å². The molecule has 6 heteroatoms. The van der Waals surface area contributed by atoms with Crippen LogP contribution < -0.4 is 5.32 Å². The summed E-state index contributed by atoms with van der Waals surface area (Å²) in [5.74, 6) is -0.716. The molecule has 0 aliphatic carbocycles. The van der Waals surface area contributed by atoms with E-state index in [1.807, 2.05) is 45.0 Å². The van der Waals surface area contributed by atoms with Crippen molar-refractivity contribution in [3.05, 3.63) is 35.4 Å². The number of rotatable bonds is 2. The molecular formula is C17H22N2O4. The van der Waals surface area contributed by atoms with Gasteiger partial charge in [-0.2, -0.15) is 0 Å². The highest BCUT2D eigenvalue weighted by atomic mass is 16.6. The van der Waals surface area contributed by atoms with E-state index in [1.54, 1.807) is 0 Å². The van der Waals surface area contributed by atoms with Crippen LogP contribution in [0.1, 0.15) is 43.9 Å². The highest BCUT2D eigenvalue weighted by Gasteiger charge is 2.41. The Kier molecular flexibility index (Phi) is 5.36. The number of piperidine rings is 1. The van der Waals surface area contributed by atoms with Gasteiger partial charge < -0.3 is 4.74 Å². The minimum Gasteiger partial charge on any atom is -0.439 e. The van der Waals surface area contributed by atoms with Gasteiger partial charge in [0.25, 0.3) is 0 Å². The van der Waals surface area contributed by atoms with E-state index in [9.17, 15) is 14.4 Å². The second-order valence-corrected chi connectivity index (χ2v) is 5.41. The van der Waals surface area contributed by atoms with Gasteiger partial charge in [0.05, 0.1) is 6.54 Å². The van der Waals surface area contributed by atoms with Gasteiger partial charge in [0.2, 0.25) is 11.8 Å². The van der Waals surface area contributed by atoms with Gasteiger partial charge in [-0.25, -0.2) is 4.79 Å². The summed E-state index contributed by atoms with van der Waals surface area (Å²) in [6, 6.07) is 7.13. The number of ether oxygens (including phenoxy) is 1. The first kappa shape index (κ1) is 17.0. The van der Waals surface area contributed by atoms with E-state index < -0.39 is 18.0 Å². The number of aryl methyl sites for hydroxylation is 1. The Morgan fingerprint density at radius 3 is 2.61 bits per heavy atom. The molecule has 2 aliphatic rings. The summed E-state index contributed by atoms with van der Waals surface area (Å²) in [5.41, 5.74) is 2.00. The molecule has 6 nitrogen and oxygen atoms in total. The van der Waals surface area contributed by atoms with Gasteiger partial charge in [0.15, 0.2) is 0 Å². The smallest absolute Gasteiger partial charge is 0.411 e. The summed E-state index contributed by atoms with van der Waals surface area (Å²) in [6.07, 6.45) is -0.283. The molecule has 2 saturated heterocycles. The van der Waals surface area contributed by atoms with Crippen LogP contribution in [0.4, 0.5) is 4.79 Å². The first-order chi connectivity index (χ1) is 11.0. The Labute approximate surface area is 135 Å². The van der Waals surface area contributed by atoms with Gasteiger partial charge >= 0.3 is 6.09 Å². The zero-order valence-corrected chi connectivity index (χ0v) is 13.7. The van der Waals surface area contributed by atoms with E-state index in [1.165, 1.54) is 4.90 Å². The van der Waals surface area contributed by atoms with Crippen LogP contribution in [0.5, 0.6) is 0 Å². The van der Waals surface area contributed by atoms with Crippen molar-refractivity contribution in [2.24, 2.45) is 0 Å². The molecule has 1 aromatic rings. The Morgan fingerprint density at radius 2 is 1.96 bits per heavy atom. The van der Waals surface area contributed by atoms with Crippen molar-refractivity contribution in [2.75, 3.05) is 6.54 Å². The number of imide groups is 1. The van der Waals surface area contributed by atoms with E-state index >= 15 is 0 Å². The second kappa shape index (κ2) is 7.26. The maximum atomic E-state index is 12.0. The largest absolute Gasteiger partial charge is 0.439 e. The molecule has 23 heavy (non-hydrogen) atoms. The predicted molar refractivity (Wildman–Crippen MR) is 84.6 cm³/mol. The van der Waals surface area contributed by atoms with E-state index in [0.717, 1.165) is 11.1 Å². The lowest BCUT2D eigenvalue weighted by Gasteiger charge is -2.27. The predicted octanol–water partition coefficient (Wildman–Crippen LogP) is 2.32. The Hall–Kier alpha value is -2.37. The Bertz CT molecular complexity index is 614. The lowest BCUT2D eigenvalue weighted by molar-refractivity contribution is -0.136. The van der Waals surface area contributed by atoms with Crippen molar-refractivity contribution in [1.29, 1.82) is 0 Å². The number of nitrogens with one attached hydrogen (secondary N) is 1. The third kappa shape index (κ3) is 3.70. The molecule has 124 valence electrons. The fourth-order valence-electron chi connectivity index (χ4n) is 2.76. The number of carbonyl (C=O) groups is 3. The zero-order valence-electron chi connectivity index (χ0n) is 13.7. The molecule has 0 bridgehead atoms. The number of nitrogens with zero attached hydrogens (tertiary/aromatic N) is 1. The molecule has 2 unspecified atom stereocenters. The number of hydrogen-bond acceptors (Lipinski definition) is 4. The van der Waals surface area contributed by atoms with Crippen LogP contribution in [0.25, 0.3) is 0 Å². The molecule has 2 heterocycles. The van der Waals surface area contributed by atoms with Crippen molar-refractivity contribution in [3.8, 4) is 0 Å². The van der Waals surface area contributed by atoms with Gasteiger partial charge in [-0.05, 0) is 18.9 Å². The standard InChI is InChI=1S/C15H16N2O4.C2H6/c1-9-3-2-4-10(7-9)12-8-17(15(20)21-12)11-5-6-13(18)16-14(11)19;1-2/h2-4,7,11-12H,5-6,8H2,1H3,(H,16,18,19);1-2H3. The normalized spacial score (nSPS) is 23.8. The van der Waals surface area contributed by atoms with Crippen molar-refractivity contribution < 1.29 is 19.1 Å². The van der Waals surface area contributed by atoms with Crippen LogP contribution in [0.3, 0.4) is 0 Å². The number of benzene rings is 1. The minimum atomic E-state index is -0.620. The highest BCUT2D eigenvalue weighted by molar-refractivity contribution is 6.01. The Morgan fingerprint density at radius 1 is 1.22 bits per heavy atom. The van der Waals surface area contributed by atoms with Gasteiger partial charge in [0.1, 0.15) is 12.1 Å². The maximum absolute atomic E-state index is 12.0. The summed E-state index contributed by atoms with van der Waals surface area (Å²) in [5, 5.41) is 2.26. The lowest BCUT2D eigenvalue weighted by atomic mass is 10.0. The van der Waals surface area contributed by atoms with Gasteiger partial charge in [-0.15, -0.1) is 0 Å². The summed E-state index contributed by atoms with van der Waals surface area (Å²) in [7, 11) is 0. The molecule has 0 saturated carbocycles. The van der Waals surface area contributed by atoms with Crippen LogP contribution in [-0.2, 0) is 14.3 Å². The maximum Gasteiger partial charge on any atom is 0.411 e. The van der Waals surface area contributed by atoms with E-state index in [2.05, 4.69) is 5.32 Å². The average Bonchev–Trinajstić information content (AvgIpc) is 2.91. The molecule has 2 fully saturated rings. The van der Waals surface area contributed by atoms with Crippen LogP contribution in [-0.4, -0.2) is 35.4 Å². The molecule has 3 rings (SSSR count). The summed E-state index contributed by atoms with van der Waals surface area (Å²) in [4.78, 5) is 36.4. The third-order valence-corrected chi connectivity index (χ3v) is 3.84. The SMILES string of the molecule is CC.Cc1cccc(C2CN(C3CCC(=O)NC3=O)C(=O)O2)c1. The molecule has 3 amide bonds. The zero-order chi connectivity index (χ0) is 17.0. The van der Waals surface area contributed by atoms with E-state index in [4.69, 9.17) is 4.74 Å². The fourth-order valence-corrected chi connectivity index (χ4v) is 2.76. The molecule has 0 radical (unpaired) electrons. The summed E-state index contributed by atoms with van der Waals surface area (Å²) < 4.78 is 5.37. The fraction of sp³-hybridized carbons (Fsp3) is 0.471.